The zero-order valence-corrected chi connectivity index (χ0v) is 12.4. The molecule has 5 nitrogen and oxygen atoms in total. The van der Waals surface area contributed by atoms with Gasteiger partial charge in [0.05, 0.1) is 25.0 Å². The van der Waals surface area contributed by atoms with Crippen molar-refractivity contribution < 1.29 is 5.11 Å². The number of aliphatic hydroxyl groups is 1. The molecule has 0 bridgehead atoms. The molecule has 0 spiro atoms. The number of hydrogen-bond donors (Lipinski definition) is 2. The van der Waals surface area contributed by atoms with Gasteiger partial charge in [-0.2, -0.15) is 16.9 Å². The van der Waals surface area contributed by atoms with Gasteiger partial charge in [-0.1, -0.05) is 11.6 Å². The topological polar surface area (TPSA) is 67.2 Å². The average Bonchev–Trinajstić information content (AvgIpc) is 2.82. The standard InChI is InChI=1S/C12H18ClN3O2S/c1-12(3-2-6-19-12)8-14-9-7-15-16(4-5-17)11(18)10(9)13/h7,14,17H,2-6,8H2,1H3. The molecule has 7 heteroatoms. The zero-order chi connectivity index (χ0) is 13.9. The molecule has 106 valence electrons. The van der Waals surface area contributed by atoms with Crippen molar-refractivity contribution in [3.63, 3.8) is 0 Å². The maximum atomic E-state index is 11.9. The van der Waals surface area contributed by atoms with E-state index < -0.39 is 0 Å². The number of aliphatic hydroxyl groups excluding tert-OH is 1. The molecule has 0 aliphatic carbocycles. The lowest BCUT2D eigenvalue weighted by Gasteiger charge is -2.23. The van der Waals surface area contributed by atoms with Crippen LogP contribution in [0.2, 0.25) is 5.02 Å². The summed E-state index contributed by atoms with van der Waals surface area (Å²) in [6.07, 6.45) is 3.94. The lowest BCUT2D eigenvalue weighted by molar-refractivity contribution is 0.266. The van der Waals surface area contributed by atoms with Gasteiger partial charge in [-0.3, -0.25) is 4.79 Å². The summed E-state index contributed by atoms with van der Waals surface area (Å²) in [5, 5.41) is 16.2. The number of nitrogens with one attached hydrogen (secondary N) is 1. The fourth-order valence-electron chi connectivity index (χ4n) is 2.10. The summed E-state index contributed by atoms with van der Waals surface area (Å²) in [7, 11) is 0. The normalized spacial score (nSPS) is 22.7. The molecule has 0 amide bonds. The number of hydrogen-bond acceptors (Lipinski definition) is 5. The minimum absolute atomic E-state index is 0.134. The Morgan fingerprint density at radius 3 is 3.11 bits per heavy atom. The molecule has 2 rings (SSSR count). The van der Waals surface area contributed by atoms with E-state index in [-0.39, 0.29) is 28.5 Å². The number of thioether (sulfide) groups is 1. The first-order valence-electron chi connectivity index (χ1n) is 6.30. The summed E-state index contributed by atoms with van der Waals surface area (Å²) in [6, 6.07) is 0. The molecule has 0 saturated carbocycles. The van der Waals surface area contributed by atoms with Gasteiger partial charge in [0.2, 0.25) is 0 Å². The number of aromatic nitrogens is 2. The Labute approximate surface area is 121 Å². The third kappa shape index (κ3) is 3.43. The Hall–Kier alpha value is -0.720. The van der Waals surface area contributed by atoms with E-state index in [1.807, 2.05) is 11.8 Å². The van der Waals surface area contributed by atoms with E-state index in [4.69, 9.17) is 16.7 Å². The summed E-state index contributed by atoms with van der Waals surface area (Å²) in [6.45, 7) is 3.01. The first-order valence-corrected chi connectivity index (χ1v) is 7.66. The van der Waals surface area contributed by atoms with Gasteiger partial charge in [0, 0.05) is 11.3 Å². The summed E-state index contributed by atoms with van der Waals surface area (Å²) >= 11 is 7.98. The van der Waals surface area contributed by atoms with Crippen LogP contribution in [-0.2, 0) is 6.54 Å². The molecular weight excluding hydrogens is 286 g/mol. The Balaban J connectivity index is 2.09. The highest BCUT2D eigenvalue weighted by molar-refractivity contribution is 8.00. The van der Waals surface area contributed by atoms with Crippen molar-refractivity contribution in [2.75, 3.05) is 24.2 Å². The van der Waals surface area contributed by atoms with Gasteiger partial charge in [-0.25, -0.2) is 4.68 Å². The van der Waals surface area contributed by atoms with Crippen LogP contribution in [0.25, 0.3) is 0 Å². The van der Waals surface area contributed by atoms with Crippen LogP contribution < -0.4 is 10.9 Å². The van der Waals surface area contributed by atoms with E-state index >= 15 is 0 Å². The lowest BCUT2D eigenvalue weighted by atomic mass is 10.1. The van der Waals surface area contributed by atoms with Crippen LogP contribution in [0.1, 0.15) is 19.8 Å². The highest BCUT2D eigenvalue weighted by atomic mass is 35.5. The van der Waals surface area contributed by atoms with Crippen LogP contribution in [0.5, 0.6) is 0 Å². The monoisotopic (exact) mass is 303 g/mol. The van der Waals surface area contributed by atoms with E-state index in [0.717, 1.165) is 13.0 Å². The van der Waals surface area contributed by atoms with Crippen molar-refractivity contribution in [3.8, 4) is 0 Å². The molecule has 1 saturated heterocycles. The first-order chi connectivity index (χ1) is 9.06. The van der Waals surface area contributed by atoms with Crippen molar-refractivity contribution in [1.82, 2.24) is 9.78 Å². The second kappa shape index (κ2) is 6.15. The molecule has 1 aliphatic heterocycles. The van der Waals surface area contributed by atoms with Gasteiger partial charge in [0.25, 0.3) is 5.56 Å². The van der Waals surface area contributed by atoms with Crippen LogP contribution in [0, 0.1) is 0 Å². The minimum Gasteiger partial charge on any atom is -0.394 e. The van der Waals surface area contributed by atoms with Gasteiger partial charge in [0.1, 0.15) is 5.02 Å². The maximum absolute atomic E-state index is 11.9. The maximum Gasteiger partial charge on any atom is 0.287 e. The fourth-order valence-corrected chi connectivity index (χ4v) is 3.56. The Morgan fingerprint density at radius 2 is 2.47 bits per heavy atom. The highest BCUT2D eigenvalue weighted by Gasteiger charge is 2.29. The van der Waals surface area contributed by atoms with Gasteiger partial charge >= 0.3 is 0 Å². The van der Waals surface area contributed by atoms with Gasteiger partial charge in [-0.15, -0.1) is 0 Å². The van der Waals surface area contributed by atoms with Gasteiger partial charge < -0.3 is 10.4 Å². The predicted molar refractivity (Wildman–Crippen MR) is 79.2 cm³/mol. The molecule has 1 unspecified atom stereocenters. The van der Waals surface area contributed by atoms with E-state index in [9.17, 15) is 4.79 Å². The SMILES string of the molecule is CC1(CNc2cnn(CCO)c(=O)c2Cl)CCCS1. The van der Waals surface area contributed by atoms with E-state index in [0.29, 0.717) is 5.69 Å². The second-order valence-electron chi connectivity index (χ2n) is 4.88. The summed E-state index contributed by atoms with van der Waals surface area (Å²) in [5.41, 5.74) is 0.194. The molecule has 1 aliphatic rings. The molecular formula is C12H18ClN3O2S. The zero-order valence-electron chi connectivity index (χ0n) is 10.9. The molecule has 2 heterocycles. The third-order valence-electron chi connectivity index (χ3n) is 3.25. The molecule has 0 radical (unpaired) electrons. The number of rotatable bonds is 5. The molecule has 1 fully saturated rings. The highest BCUT2D eigenvalue weighted by Crippen LogP contribution is 2.37. The summed E-state index contributed by atoms with van der Waals surface area (Å²) < 4.78 is 1.36. The number of anilines is 1. The quantitative estimate of drug-likeness (QED) is 0.864. The average molecular weight is 304 g/mol. The van der Waals surface area contributed by atoms with Crippen molar-refractivity contribution in [2.24, 2.45) is 0 Å². The predicted octanol–water partition coefficient (Wildman–Crippen LogP) is 1.59. The van der Waals surface area contributed by atoms with Crippen molar-refractivity contribution in [1.29, 1.82) is 0 Å². The molecule has 1 aromatic rings. The minimum atomic E-state index is -0.370. The van der Waals surface area contributed by atoms with Crippen LogP contribution in [0.15, 0.2) is 11.0 Å². The number of nitrogens with zero attached hydrogens (tertiary/aromatic N) is 2. The molecule has 2 N–H and O–H groups in total. The molecule has 1 aromatic heterocycles. The van der Waals surface area contributed by atoms with Crippen molar-refractivity contribution in [3.05, 3.63) is 21.6 Å². The largest absolute Gasteiger partial charge is 0.394 e. The van der Waals surface area contributed by atoms with E-state index in [2.05, 4.69) is 17.3 Å². The molecule has 0 aromatic carbocycles. The molecule has 1 atom stereocenters. The summed E-state index contributed by atoms with van der Waals surface area (Å²) in [5.74, 6) is 1.18. The molecule has 19 heavy (non-hydrogen) atoms. The lowest BCUT2D eigenvalue weighted by Crippen LogP contribution is -2.30. The van der Waals surface area contributed by atoms with Gasteiger partial charge in [0.15, 0.2) is 0 Å². The van der Waals surface area contributed by atoms with Crippen molar-refractivity contribution >= 4 is 29.1 Å². The smallest absolute Gasteiger partial charge is 0.287 e. The summed E-state index contributed by atoms with van der Waals surface area (Å²) in [4.78, 5) is 11.9. The van der Waals surface area contributed by atoms with Crippen LogP contribution in [0.3, 0.4) is 0 Å². The Bertz CT molecular complexity index is 500. The first kappa shape index (κ1) is 14.7. The van der Waals surface area contributed by atoms with Crippen molar-refractivity contribution in [2.45, 2.75) is 31.1 Å². The second-order valence-corrected chi connectivity index (χ2v) is 6.94. The van der Waals surface area contributed by atoms with Crippen LogP contribution in [0.4, 0.5) is 5.69 Å². The fraction of sp³-hybridized carbons (Fsp3) is 0.667. The van der Waals surface area contributed by atoms with E-state index in [1.54, 1.807) is 6.20 Å². The Kier molecular flexibility index (Phi) is 4.76. The van der Waals surface area contributed by atoms with Crippen LogP contribution >= 0.6 is 23.4 Å². The number of halogens is 1. The van der Waals surface area contributed by atoms with Crippen LogP contribution in [-0.4, -0.2) is 38.5 Å². The Morgan fingerprint density at radius 1 is 1.68 bits per heavy atom. The van der Waals surface area contributed by atoms with E-state index in [1.165, 1.54) is 16.9 Å². The van der Waals surface area contributed by atoms with Gasteiger partial charge in [-0.05, 0) is 25.5 Å². The third-order valence-corrected chi connectivity index (χ3v) is 5.15.